The molecule has 0 atom stereocenters. The lowest BCUT2D eigenvalue weighted by atomic mass is 9.81. The van der Waals surface area contributed by atoms with Crippen LogP contribution in [0.25, 0.3) is 0 Å². The topological polar surface area (TPSA) is 112 Å². The molecule has 0 spiro atoms. The highest BCUT2D eigenvalue weighted by Crippen LogP contribution is 2.40. The summed E-state index contributed by atoms with van der Waals surface area (Å²) in [6, 6.07) is 5.87. The molecule has 0 bridgehead atoms. The van der Waals surface area contributed by atoms with E-state index in [1.807, 2.05) is 18.2 Å². The van der Waals surface area contributed by atoms with Gasteiger partial charge in [0.25, 0.3) is 16.0 Å². The molecule has 2 rings (SSSR count). The molecule has 1 heterocycles. The maximum atomic E-state index is 12.8. The number of nitrogens with two attached hydrogens (primary N) is 1. The molecule has 7 nitrogen and oxygen atoms in total. The van der Waals surface area contributed by atoms with Crippen LogP contribution in [0, 0.1) is 0 Å². The lowest BCUT2D eigenvalue weighted by Crippen LogP contribution is -2.27. The lowest BCUT2D eigenvalue weighted by molar-refractivity contribution is -0.439. The zero-order valence-corrected chi connectivity index (χ0v) is 22.8. The smallest absolute Gasteiger partial charge is 0.264 e. The van der Waals surface area contributed by atoms with Crippen molar-refractivity contribution in [2.24, 2.45) is 5.73 Å². The van der Waals surface area contributed by atoms with Gasteiger partial charge in [0.05, 0.1) is 11.2 Å². The summed E-state index contributed by atoms with van der Waals surface area (Å²) in [4.78, 5) is 12.8. The predicted molar refractivity (Wildman–Crippen MR) is 144 cm³/mol. The summed E-state index contributed by atoms with van der Waals surface area (Å²) in [6.45, 7) is 8.56. The minimum atomic E-state index is -3.93. The van der Waals surface area contributed by atoms with Crippen LogP contribution in [0.2, 0.25) is 0 Å². The molecule has 1 aromatic rings. The first-order valence-corrected chi connectivity index (χ1v) is 14.9. The number of amides is 1. The average molecular weight is 509 g/mol. The van der Waals surface area contributed by atoms with E-state index in [-0.39, 0.29) is 17.1 Å². The first kappa shape index (κ1) is 29.5. The molecule has 1 aliphatic rings. The SMILES string of the molecule is CC1=[N+](CCCCS(=O)(=O)O)c2ccc(C(=O)NCCCCCCCCCCCN)cc2C1(C)C. The molecule has 0 saturated heterocycles. The van der Waals surface area contributed by atoms with E-state index in [9.17, 15) is 13.2 Å². The summed E-state index contributed by atoms with van der Waals surface area (Å²) in [6.07, 6.45) is 11.9. The van der Waals surface area contributed by atoms with Crippen molar-refractivity contribution in [3.05, 3.63) is 29.3 Å². The normalized spacial score (nSPS) is 14.9. The van der Waals surface area contributed by atoms with Gasteiger partial charge in [0.1, 0.15) is 6.54 Å². The Labute approximate surface area is 212 Å². The summed E-state index contributed by atoms with van der Waals surface area (Å²) in [5.41, 5.74) is 9.35. The fourth-order valence-corrected chi connectivity index (χ4v) is 5.35. The second-order valence-corrected chi connectivity index (χ2v) is 11.9. The number of hydrogen-bond acceptors (Lipinski definition) is 4. The number of hydrogen-bond donors (Lipinski definition) is 3. The highest BCUT2D eigenvalue weighted by molar-refractivity contribution is 7.85. The minimum absolute atomic E-state index is 0.0345. The van der Waals surface area contributed by atoms with E-state index in [1.165, 1.54) is 44.2 Å². The first-order chi connectivity index (χ1) is 16.6. The van der Waals surface area contributed by atoms with Crippen molar-refractivity contribution >= 4 is 27.4 Å². The molecule has 0 unspecified atom stereocenters. The van der Waals surface area contributed by atoms with Gasteiger partial charge in [-0.15, -0.1) is 0 Å². The third-order valence-electron chi connectivity index (χ3n) is 7.23. The van der Waals surface area contributed by atoms with Gasteiger partial charge < -0.3 is 11.1 Å². The second-order valence-electron chi connectivity index (χ2n) is 10.3. The molecule has 1 aromatic carbocycles. The molecular formula is C27H46N3O4S+. The molecule has 8 heteroatoms. The molecule has 1 aliphatic heterocycles. The Kier molecular flexibility index (Phi) is 11.9. The standard InChI is InChI=1S/C27H45N3O4S/c1-22-27(2,3)24-21-23(15-16-25(24)30(22)19-13-14-20-35(32,33)34)26(31)29-18-12-10-8-6-4-5-7-9-11-17-28/h15-16,21H,4-14,17-20,28H2,1-3H3,(H-,29,31,32,33,34)/p+1. The van der Waals surface area contributed by atoms with Crippen LogP contribution in [0.5, 0.6) is 0 Å². The Morgan fingerprint density at radius 3 is 2.17 bits per heavy atom. The van der Waals surface area contributed by atoms with Crippen LogP contribution < -0.4 is 11.1 Å². The zero-order chi connectivity index (χ0) is 25.9. The van der Waals surface area contributed by atoms with E-state index in [0.29, 0.717) is 31.5 Å². The monoisotopic (exact) mass is 508 g/mol. The largest absolute Gasteiger partial charge is 0.352 e. The van der Waals surface area contributed by atoms with Gasteiger partial charge in [-0.2, -0.15) is 13.0 Å². The quantitative estimate of drug-likeness (QED) is 0.157. The van der Waals surface area contributed by atoms with Crippen LogP contribution in [0.3, 0.4) is 0 Å². The van der Waals surface area contributed by atoms with Crippen LogP contribution in [-0.2, 0) is 15.5 Å². The van der Waals surface area contributed by atoms with Crippen molar-refractivity contribution in [1.29, 1.82) is 0 Å². The Morgan fingerprint density at radius 1 is 0.971 bits per heavy atom. The maximum absolute atomic E-state index is 12.8. The predicted octanol–water partition coefficient (Wildman–Crippen LogP) is 4.95. The first-order valence-electron chi connectivity index (χ1n) is 13.3. The Balaban J connectivity index is 1.80. The third-order valence-corrected chi connectivity index (χ3v) is 8.04. The number of carbonyl (C=O) groups excluding carboxylic acids is 1. The molecule has 4 N–H and O–H groups in total. The van der Waals surface area contributed by atoms with Crippen molar-refractivity contribution in [3.63, 3.8) is 0 Å². The minimum Gasteiger partial charge on any atom is -0.352 e. The number of unbranched alkanes of at least 4 members (excludes halogenated alkanes) is 9. The highest BCUT2D eigenvalue weighted by atomic mass is 32.2. The van der Waals surface area contributed by atoms with Crippen molar-refractivity contribution in [2.45, 2.75) is 96.8 Å². The van der Waals surface area contributed by atoms with Crippen LogP contribution in [-0.4, -0.2) is 54.6 Å². The van der Waals surface area contributed by atoms with E-state index in [0.717, 1.165) is 37.1 Å². The van der Waals surface area contributed by atoms with Crippen LogP contribution in [0.4, 0.5) is 5.69 Å². The van der Waals surface area contributed by atoms with E-state index < -0.39 is 10.1 Å². The van der Waals surface area contributed by atoms with Gasteiger partial charge in [-0.1, -0.05) is 44.9 Å². The van der Waals surface area contributed by atoms with Crippen LogP contribution in [0.1, 0.15) is 107 Å². The van der Waals surface area contributed by atoms with E-state index in [4.69, 9.17) is 10.3 Å². The van der Waals surface area contributed by atoms with E-state index >= 15 is 0 Å². The lowest BCUT2D eigenvalue weighted by Gasteiger charge is -2.15. The van der Waals surface area contributed by atoms with Gasteiger partial charge in [0.2, 0.25) is 5.69 Å². The molecule has 1 amide bonds. The number of benzene rings is 1. The van der Waals surface area contributed by atoms with Crippen molar-refractivity contribution in [3.8, 4) is 0 Å². The van der Waals surface area contributed by atoms with Crippen LogP contribution >= 0.6 is 0 Å². The molecule has 0 fully saturated rings. The van der Waals surface area contributed by atoms with Crippen LogP contribution in [0.15, 0.2) is 18.2 Å². The molecule has 0 radical (unpaired) electrons. The van der Waals surface area contributed by atoms with Crippen molar-refractivity contribution in [2.75, 3.05) is 25.4 Å². The number of fused-ring (bicyclic) bond motifs is 1. The number of carbonyl (C=O) groups is 1. The Morgan fingerprint density at radius 2 is 1.57 bits per heavy atom. The molecule has 0 saturated carbocycles. The average Bonchev–Trinajstić information content (AvgIpc) is 2.99. The third kappa shape index (κ3) is 9.32. The number of rotatable bonds is 17. The second kappa shape index (κ2) is 14.1. The fourth-order valence-electron chi connectivity index (χ4n) is 4.78. The van der Waals surface area contributed by atoms with Gasteiger partial charge in [-0.05, 0) is 51.8 Å². The van der Waals surface area contributed by atoms with E-state index in [2.05, 4.69) is 30.7 Å². The summed E-state index contributed by atoms with van der Waals surface area (Å²) >= 11 is 0. The molecular weight excluding hydrogens is 462 g/mol. The van der Waals surface area contributed by atoms with Crippen molar-refractivity contribution in [1.82, 2.24) is 5.32 Å². The van der Waals surface area contributed by atoms with Gasteiger partial charge in [0, 0.05) is 37.1 Å². The number of nitrogens with zero attached hydrogens (tertiary/aromatic N) is 1. The fraction of sp³-hybridized carbons (Fsp3) is 0.704. The maximum Gasteiger partial charge on any atom is 0.264 e. The summed E-state index contributed by atoms with van der Waals surface area (Å²) in [7, 11) is -3.93. The van der Waals surface area contributed by atoms with E-state index in [1.54, 1.807) is 0 Å². The Hall–Kier alpha value is -1.77. The molecule has 0 aromatic heterocycles. The highest BCUT2D eigenvalue weighted by Gasteiger charge is 2.43. The molecule has 198 valence electrons. The van der Waals surface area contributed by atoms with Crippen molar-refractivity contribution < 1.29 is 22.3 Å². The molecule has 0 aliphatic carbocycles. The summed E-state index contributed by atoms with van der Waals surface area (Å²) < 4.78 is 33.1. The molecule has 35 heavy (non-hydrogen) atoms. The van der Waals surface area contributed by atoms with Gasteiger partial charge in [-0.3, -0.25) is 9.35 Å². The number of nitrogens with one attached hydrogen (secondary N) is 1. The summed E-state index contributed by atoms with van der Waals surface area (Å²) in [5.74, 6) is -0.252. The zero-order valence-electron chi connectivity index (χ0n) is 21.9. The van der Waals surface area contributed by atoms with Gasteiger partial charge in [-0.25, -0.2) is 0 Å². The van der Waals surface area contributed by atoms with Gasteiger partial charge >= 0.3 is 0 Å². The van der Waals surface area contributed by atoms with Gasteiger partial charge in [0.15, 0.2) is 5.71 Å². The Bertz CT molecular complexity index is 971. The summed E-state index contributed by atoms with van der Waals surface area (Å²) in [5, 5.41) is 3.07.